The van der Waals surface area contributed by atoms with Crippen molar-refractivity contribution in [2.24, 2.45) is 5.73 Å². The SMILES string of the molecule is CCN(CC(=O)OC(C)(C)C)c1ccc(CN)cc1. The Kier molecular flexibility index (Phi) is 5.36. The van der Waals surface area contributed by atoms with Crippen LogP contribution in [-0.4, -0.2) is 24.7 Å². The summed E-state index contributed by atoms with van der Waals surface area (Å²) in [6, 6.07) is 7.92. The zero-order valence-corrected chi connectivity index (χ0v) is 12.3. The Bertz CT molecular complexity index is 407. The highest BCUT2D eigenvalue weighted by Gasteiger charge is 2.18. The Hall–Kier alpha value is -1.55. The van der Waals surface area contributed by atoms with Crippen molar-refractivity contribution in [3.63, 3.8) is 0 Å². The molecule has 2 N–H and O–H groups in total. The van der Waals surface area contributed by atoms with E-state index in [4.69, 9.17) is 10.5 Å². The molecule has 0 bridgehead atoms. The van der Waals surface area contributed by atoms with Crippen LogP contribution in [0.25, 0.3) is 0 Å². The maximum atomic E-state index is 11.8. The molecule has 19 heavy (non-hydrogen) atoms. The van der Waals surface area contributed by atoms with Crippen LogP contribution in [0.3, 0.4) is 0 Å². The third-order valence-corrected chi connectivity index (χ3v) is 2.66. The molecule has 0 aliphatic rings. The average molecular weight is 264 g/mol. The lowest BCUT2D eigenvalue weighted by molar-refractivity contribution is -0.153. The van der Waals surface area contributed by atoms with Crippen molar-refractivity contribution < 1.29 is 9.53 Å². The first kappa shape index (κ1) is 15.5. The lowest BCUT2D eigenvalue weighted by Crippen LogP contribution is -2.34. The van der Waals surface area contributed by atoms with Crippen molar-refractivity contribution in [1.82, 2.24) is 0 Å². The minimum Gasteiger partial charge on any atom is -0.459 e. The van der Waals surface area contributed by atoms with Crippen molar-refractivity contribution in [2.45, 2.75) is 39.8 Å². The van der Waals surface area contributed by atoms with Crippen LogP contribution >= 0.6 is 0 Å². The Morgan fingerprint density at radius 1 is 1.26 bits per heavy atom. The molecular formula is C15H24N2O2. The standard InChI is InChI=1S/C15H24N2O2/c1-5-17(11-14(18)19-15(2,3)4)13-8-6-12(10-16)7-9-13/h6-9H,5,10-11,16H2,1-4H3. The fourth-order valence-corrected chi connectivity index (χ4v) is 1.76. The largest absolute Gasteiger partial charge is 0.459 e. The summed E-state index contributed by atoms with van der Waals surface area (Å²) in [5.41, 5.74) is 7.21. The van der Waals surface area contributed by atoms with Crippen molar-refractivity contribution >= 4 is 11.7 Å². The van der Waals surface area contributed by atoms with Crippen LogP contribution in [-0.2, 0) is 16.1 Å². The summed E-state index contributed by atoms with van der Waals surface area (Å²) in [7, 11) is 0. The Labute approximate surface area is 115 Å². The van der Waals surface area contributed by atoms with Gasteiger partial charge in [0.15, 0.2) is 0 Å². The minimum absolute atomic E-state index is 0.211. The number of nitrogens with two attached hydrogens (primary N) is 1. The van der Waals surface area contributed by atoms with Crippen molar-refractivity contribution in [2.75, 3.05) is 18.0 Å². The molecule has 1 rings (SSSR count). The predicted molar refractivity (Wildman–Crippen MR) is 78.1 cm³/mol. The van der Waals surface area contributed by atoms with Gasteiger partial charge >= 0.3 is 5.97 Å². The first-order valence-corrected chi connectivity index (χ1v) is 6.61. The van der Waals surface area contributed by atoms with E-state index in [-0.39, 0.29) is 12.5 Å². The van der Waals surface area contributed by atoms with E-state index >= 15 is 0 Å². The number of hydrogen-bond donors (Lipinski definition) is 1. The Balaban J connectivity index is 2.69. The van der Waals surface area contributed by atoms with Gasteiger partial charge < -0.3 is 15.4 Å². The zero-order chi connectivity index (χ0) is 14.5. The number of nitrogens with zero attached hydrogens (tertiary/aromatic N) is 1. The number of hydrogen-bond acceptors (Lipinski definition) is 4. The maximum Gasteiger partial charge on any atom is 0.326 e. The Morgan fingerprint density at radius 2 is 1.84 bits per heavy atom. The molecule has 0 saturated heterocycles. The van der Waals surface area contributed by atoms with Crippen molar-refractivity contribution in [3.05, 3.63) is 29.8 Å². The second-order valence-corrected chi connectivity index (χ2v) is 5.47. The summed E-state index contributed by atoms with van der Waals surface area (Å²) in [6.45, 7) is 9.17. The second-order valence-electron chi connectivity index (χ2n) is 5.47. The van der Waals surface area contributed by atoms with Crippen molar-refractivity contribution in [1.29, 1.82) is 0 Å². The molecule has 106 valence electrons. The third kappa shape index (κ3) is 5.30. The van der Waals surface area contributed by atoms with Crippen LogP contribution in [0.15, 0.2) is 24.3 Å². The van der Waals surface area contributed by atoms with Gasteiger partial charge in [0.1, 0.15) is 12.1 Å². The summed E-state index contributed by atoms with van der Waals surface area (Å²) in [6.07, 6.45) is 0. The van der Waals surface area contributed by atoms with E-state index in [0.29, 0.717) is 6.54 Å². The first-order valence-electron chi connectivity index (χ1n) is 6.61. The molecular weight excluding hydrogens is 240 g/mol. The van der Waals surface area contributed by atoms with Gasteiger partial charge in [-0.2, -0.15) is 0 Å². The van der Waals surface area contributed by atoms with Crippen LogP contribution in [0.1, 0.15) is 33.3 Å². The molecule has 0 aliphatic carbocycles. The first-order chi connectivity index (χ1) is 8.85. The molecule has 0 amide bonds. The van der Waals surface area contributed by atoms with Crippen LogP contribution in [0.5, 0.6) is 0 Å². The highest BCUT2D eigenvalue weighted by molar-refractivity contribution is 5.76. The van der Waals surface area contributed by atoms with Crippen LogP contribution in [0.4, 0.5) is 5.69 Å². The number of ether oxygens (including phenoxy) is 1. The molecule has 1 aromatic carbocycles. The third-order valence-electron chi connectivity index (χ3n) is 2.66. The number of carbonyl (C=O) groups is 1. The highest BCUT2D eigenvalue weighted by Crippen LogP contribution is 2.16. The topological polar surface area (TPSA) is 55.6 Å². The molecule has 0 heterocycles. The molecule has 0 saturated carbocycles. The summed E-state index contributed by atoms with van der Waals surface area (Å²) >= 11 is 0. The summed E-state index contributed by atoms with van der Waals surface area (Å²) in [5.74, 6) is -0.211. The van der Waals surface area contributed by atoms with E-state index < -0.39 is 5.60 Å². The highest BCUT2D eigenvalue weighted by atomic mass is 16.6. The second kappa shape index (κ2) is 6.57. The van der Waals surface area contributed by atoms with E-state index in [0.717, 1.165) is 17.8 Å². The normalized spacial score (nSPS) is 11.2. The smallest absolute Gasteiger partial charge is 0.326 e. The molecule has 1 aromatic rings. The van der Waals surface area contributed by atoms with Crippen LogP contribution in [0.2, 0.25) is 0 Å². The van der Waals surface area contributed by atoms with E-state index in [2.05, 4.69) is 0 Å². The number of carbonyl (C=O) groups excluding carboxylic acids is 1. The summed E-state index contributed by atoms with van der Waals surface area (Å²) in [5, 5.41) is 0. The maximum absolute atomic E-state index is 11.8. The quantitative estimate of drug-likeness (QED) is 0.829. The molecule has 0 spiro atoms. The number of likely N-dealkylation sites (N-methyl/N-ethyl adjacent to an activating group) is 1. The van der Waals surface area contributed by atoms with Crippen LogP contribution in [0, 0.1) is 0 Å². The molecule has 0 aromatic heterocycles. The number of anilines is 1. The number of esters is 1. The Morgan fingerprint density at radius 3 is 2.26 bits per heavy atom. The fourth-order valence-electron chi connectivity index (χ4n) is 1.76. The summed E-state index contributed by atoms with van der Waals surface area (Å²) in [4.78, 5) is 13.8. The van der Waals surface area contributed by atoms with Gasteiger partial charge in [0, 0.05) is 18.8 Å². The lowest BCUT2D eigenvalue weighted by atomic mass is 10.2. The van der Waals surface area contributed by atoms with Gasteiger partial charge in [-0.05, 0) is 45.4 Å². The molecule has 0 aliphatic heterocycles. The number of rotatable bonds is 5. The fraction of sp³-hybridized carbons (Fsp3) is 0.533. The summed E-state index contributed by atoms with van der Waals surface area (Å²) < 4.78 is 5.34. The minimum atomic E-state index is -0.445. The molecule has 4 heteroatoms. The number of benzene rings is 1. The molecule has 0 radical (unpaired) electrons. The van der Waals surface area contributed by atoms with Gasteiger partial charge in [-0.3, -0.25) is 4.79 Å². The van der Waals surface area contributed by atoms with Gasteiger partial charge in [-0.25, -0.2) is 0 Å². The van der Waals surface area contributed by atoms with E-state index in [1.807, 2.05) is 56.9 Å². The lowest BCUT2D eigenvalue weighted by Gasteiger charge is -2.25. The zero-order valence-electron chi connectivity index (χ0n) is 12.3. The van der Waals surface area contributed by atoms with Crippen LogP contribution < -0.4 is 10.6 Å². The van der Waals surface area contributed by atoms with E-state index in [9.17, 15) is 4.79 Å². The molecule has 4 nitrogen and oxygen atoms in total. The molecule has 0 atom stereocenters. The van der Waals surface area contributed by atoms with Gasteiger partial charge in [0.2, 0.25) is 0 Å². The van der Waals surface area contributed by atoms with Gasteiger partial charge in [-0.15, -0.1) is 0 Å². The molecule has 0 unspecified atom stereocenters. The van der Waals surface area contributed by atoms with E-state index in [1.165, 1.54) is 0 Å². The monoisotopic (exact) mass is 264 g/mol. The van der Waals surface area contributed by atoms with Gasteiger partial charge in [0.25, 0.3) is 0 Å². The average Bonchev–Trinajstić information content (AvgIpc) is 2.34. The van der Waals surface area contributed by atoms with E-state index in [1.54, 1.807) is 0 Å². The van der Waals surface area contributed by atoms with Crippen molar-refractivity contribution in [3.8, 4) is 0 Å². The predicted octanol–water partition coefficient (Wildman–Crippen LogP) is 2.31. The molecule has 0 fully saturated rings. The van der Waals surface area contributed by atoms with Gasteiger partial charge in [-0.1, -0.05) is 12.1 Å². The van der Waals surface area contributed by atoms with Gasteiger partial charge in [0.05, 0.1) is 0 Å².